The molecule has 10 heteroatoms. The number of anilines is 2. The van der Waals surface area contributed by atoms with Crippen LogP contribution in [0.3, 0.4) is 0 Å². The predicted molar refractivity (Wildman–Crippen MR) is 88.5 cm³/mol. The van der Waals surface area contributed by atoms with Gasteiger partial charge in [0.2, 0.25) is 5.91 Å². The topological polar surface area (TPSA) is 50.4 Å². The highest BCUT2D eigenvalue weighted by molar-refractivity contribution is 7.99. The average molecular weight is 392 g/mol. The number of carbonyl (C=O) groups excluding carboxylic acids is 1. The van der Waals surface area contributed by atoms with E-state index in [1.807, 2.05) is 0 Å². The third-order valence-electron chi connectivity index (χ3n) is 2.90. The van der Waals surface area contributed by atoms with Gasteiger partial charge >= 0.3 is 6.36 Å². The molecule has 0 fully saturated rings. The highest BCUT2D eigenvalue weighted by Crippen LogP contribution is 2.26. The number of thioether (sulfide) groups is 1. The number of hydrogen-bond acceptors (Lipinski definition) is 4. The summed E-state index contributed by atoms with van der Waals surface area (Å²) in [4.78, 5) is 12.2. The molecule has 2 aromatic carbocycles. The minimum Gasteiger partial charge on any atom is -0.406 e. The molecule has 0 atom stereocenters. The molecule has 0 bridgehead atoms. The van der Waals surface area contributed by atoms with Gasteiger partial charge in [-0.2, -0.15) is 8.78 Å². The lowest BCUT2D eigenvalue weighted by atomic mass is 10.3. The van der Waals surface area contributed by atoms with Gasteiger partial charge in [-0.15, -0.1) is 13.2 Å². The number of hydrogen-bond donors (Lipinski definition) is 2. The van der Waals surface area contributed by atoms with Gasteiger partial charge in [0.25, 0.3) is 5.76 Å². The van der Waals surface area contributed by atoms with Crippen LogP contribution in [0.4, 0.5) is 33.3 Å². The average Bonchev–Trinajstić information content (AvgIpc) is 2.54. The first-order valence-corrected chi connectivity index (χ1v) is 8.04. The maximum Gasteiger partial charge on any atom is 0.573 e. The molecule has 26 heavy (non-hydrogen) atoms. The van der Waals surface area contributed by atoms with E-state index in [4.69, 9.17) is 0 Å². The van der Waals surface area contributed by atoms with Crippen LogP contribution in [0.5, 0.6) is 5.75 Å². The molecular formula is C16H13F5N2O2S. The first kappa shape index (κ1) is 19.8. The summed E-state index contributed by atoms with van der Waals surface area (Å²) in [6.45, 7) is -0.109. The number of benzene rings is 2. The Balaban J connectivity index is 1.81. The Bertz CT molecular complexity index is 721. The summed E-state index contributed by atoms with van der Waals surface area (Å²) in [5, 5.41) is 5.30. The summed E-state index contributed by atoms with van der Waals surface area (Å²) in [7, 11) is 0. The van der Waals surface area contributed by atoms with E-state index in [9.17, 15) is 26.7 Å². The normalized spacial score (nSPS) is 11.3. The molecular weight excluding hydrogens is 379 g/mol. The third kappa shape index (κ3) is 7.18. The van der Waals surface area contributed by atoms with Crippen molar-refractivity contribution in [2.45, 2.75) is 17.0 Å². The molecule has 0 spiro atoms. The Morgan fingerprint density at radius 3 is 2.12 bits per heavy atom. The number of alkyl halides is 5. The Morgan fingerprint density at radius 1 is 1.00 bits per heavy atom. The molecule has 2 aromatic rings. The van der Waals surface area contributed by atoms with E-state index >= 15 is 0 Å². The molecule has 0 unspecified atom stereocenters. The lowest BCUT2D eigenvalue weighted by molar-refractivity contribution is -0.274. The summed E-state index contributed by atoms with van der Waals surface area (Å²) in [6, 6.07) is 10.8. The van der Waals surface area contributed by atoms with E-state index in [1.165, 1.54) is 24.3 Å². The zero-order valence-electron chi connectivity index (χ0n) is 13.0. The second-order valence-electron chi connectivity index (χ2n) is 4.88. The van der Waals surface area contributed by atoms with Crippen molar-refractivity contribution >= 4 is 29.0 Å². The van der Waals surface area contributed by atoms with Gasteiger partial charge in [0, 0.05) is 16.3 Å². The number of halogens is 5. The zero-order valence-corrected chi connectivity index (χ0v) is 13.8. The van der Waals surface area contributed by atoms with Gasteiger partial charge in [-0.05, 0) is 48.5 Å². The summed E-state index contributed by atoms with van der Waals surface area (Å²) in [5.74, 6) is -3.33. The summed E-state index contributed by atoms with van der Waals surface area (Å²) >= 11 is 0.417. The van der Waals surface area contributed by atoms with Crippen molar-refractivity contribution in [1.29, 1.82) is 0 Å². The van der Waals surface area contributed by atoms with Crippen molar-refractivity contribution in [3.8, 4) is 5.75 Å². The van der Waals surface area contributed by atoms with Gasteiger partial charge in [-0.25, -0.2) is 0 Å². The quantitative estimate of drug-likeness (QED) is 0.517. The van der Waals surface area contributed by atoms with Crippen LogP contribution in [-0.2, 0) is 4.79 Å². The molecule has 140 valence electrons. The van der Waals surface area contributed by atoms with E-state index in [0.29, 0.717) is 28.0 Å². The SMILES string of the molecule is O=C(CNc1ccc(SC(F)F)cc1)Nc1ccc(OC(F)(F)F)cc1. The van der Waals surface area contributed by atoms with Gasteiger partial charge < -0.3 is 15.4 Å². The predicted octanol–water partition coefficient (Wildman–Crippen LogP) is 4.95. The lowest BCUT2D eigenvalue weighted by Crippen LogP contribution is -2.21. The lowest BCUT2D eigenvalue weighted by Gasteiger charge is -2.11. The van der Waals surface area contributed by atoms with Crippen molar-refractivity contribution in [3.63, 3.8) is 0 Å². The van der Waals surface area contributed by atoms with Crippen molar-refractivity contribution in [3.05, 3.63) is 48.5 Å². The molecule has 2 rings (SSSR count). The second-order valence-corrected chi connectivity index (χ2v) is 5.94. The molecule has 0 heterocycles. The van der Waals surface area contributed by atoms with Crippen LogP contribution in [0, 0.1) is 0 Å². The van der Waals surface area contributed by atoms with Crippen molar-refractivity contribution in [2.24, 2.45) is 0 Å². The fourth-order valence-corrected chi connectivity index (χ4v) is 2.38. The molecule has 0 saturated heterocycles. The van der Waals surface area contributed by atoms with Crippen molar-refractivity contribution in [2.75, 3.05) is 17.2 Å². The van der Waals surface area contributed by atoms with Gasteiger partial charge in [-0.3, -0.25) is 4.79 Å². The fraction of sp³-hybridized carbons (Fsp3) is 0.188. The van der Waals surface area contributed by atoms with E-state index in [2.05, 4.69) is 15.4 Å². The molecule has 1 amide bonds. The molecule has 0 saturated carbocycles. The van der Waals surface area contributed by atoms with E-state index in [0.717, 1.165) is 12.1 Å². The summed E-state index contributed by atoms with van der Waals surface area (Å²) in [5.41, 5.74) is 0.864. The first-order chi connectivity index (χ1) is 12.2. The van der Waals surface area contributed by atoms with Crippen LogP contribution in [-0.4, -0.2) is 24.6 Å². The standard InChI is InChI=1S/C16H13F5N2O2S/c17-15(18)26-13-7-3-10(4-8-13)22-9-14(24)23-11-1-5-12(6-2-11)25-16(19,20)21/h1-8,15,22H,9H2,(H,23,24). The maximum atomic E-state index is 12.2. The summed E-state index contributed by atoms with van der Waals surface area (Å²) in [6.07, 6.45) is -4.78. The minimum atomic E-state index is -4.78. The number of nitrogens with one attached hydrogen (secondary N) is 2. The molecule has 0 aliphatic carbocycles. The largest absolute Gasteiger partial charge is 0.573 e. The maximum absolute atomic E-state index is 12.2. The van der Waals surface area contributed by atoms with Crippen LogP contribution in [0.1, 0.15) is 0 Å². The zero-order chi connectivity index (χ0) is 19.2. The van der Waals surface area contributed by atoms with Gasteiger partial charge in [-0.1, -0.05) is 11.8 Å². The van der Waals surface area contributed by atoms with Gasteiger partial charge in [0.05, 0.1) is 6.54 Å². The summed E-state index contributed by atoms with van der Waals surface area (Å²) < 4.78 is 64.4. The Hall–Kier alpha value is -2.49. The smallest absolute Gasteiger partial charge is 0.406 e. The Kier molecular flexibility index (Phi) is 6.67. The number of ether oxygens (including phenoxy) is 1. The van der Waals surface area contributed by atoms with Crippen LogP contribution < -0.4 is 15.4 Å². The fourth-order valence-electron chi connectivity index (χ4n) is 1.88. The number of carbonyl (C=O) groups is 1. The highest BCUT2D eigenvalue weighted by Gasteiger charge is 2.30. The Morgan fingerprint density at radius 2 is 1.58 bits per heavy atom. The van der Waals surface area contributed by atoms with Crippen LogP contribution >= 0.6 is 11.8 Å². The van der Waals surface area contributed by atoms with E-state index < -0.39 is 23.8 Å². The molecule has 2 N–H and O–H groups in total. The molecule has 0 aliphatic heterocycles. The van der Waals surface area contributed by atoms with Gasteiger partial charge in [0.15, 0.2) is 0 Å². The molecule has 0 aliphatic rings. The molecule has 4 nitrogen and oxygen atoms in total. The van der Waals surface area contributed by atoms with Crippen LogP contribution in [0.2, 0.25) is 0 Å². The Labute approximate surface area is 149 Å². The van der Waals surface area contributed by atoms with Crippen molar-refractivity contribution in [1.82, 2.24) is 0 Å². The monoisotopic (exact) mass is 392 g/mol. The first-order valence-electron chi connectivity index (χ1n) is 7.16. The van der Waals surface area contributed by atoms with E-state index in [1.54, 1.807) is 12.1 Å². The van der Waals surface area contributed by atoms with Gasteiger partial charge in [0.1, 0.15) is 5.75 Å². The van der Waals surface area contributed by atoms with Crippen LogP contribution in [0.25, 0.3) is 0 Å². The highest BCUT2D eigenvalue weighted by atomic mass is 32.2. The number of amides is 1. The van der Waals surface area contributed by atoms with Crippen molar-refractivity contribution < 1.29 is 31.5 Å². The second kappa shape index (κ2) is 8.75. The minimum absolute atomic E-state index is 0.109. The van der Waals surface area contributed by atoms with E-state index in [-0.39, 0.29) is 6.54 Å². The number of rotatable bonds is 7. The van der Waals surface area contributed by atoms with Crippen LogP contribution in [0.15, 0.2) is 53.4 Å². The molecule has 0 aromatic heterocycles. The molecule has 0 radical (unpaired) electrons. The third-order valence-corrected chi connectivity index (χ3v) is 3.63.